The van der Waals surface area contributed by atoms with Crippen LogP contribution in [0.2, 0.25) is 0 Å². The van der Waals surface area contributed by atoms with Gasteiger partial charge in [-0.1, -0.05) is 43.7 Å². The number of allylic oxidation sites excluding steroid dienone is 4. The molecular formula is C27H44N2O2. The van der Waals surface area contributed by atoms with E-state index in [1.165, 1.54) is 51.4 Å². The Morgan fingerprint density at radius 2 is 1.87 bits per heavy atom. The number of aliphatic hydroxyl groups excluding tert-OH is 1. The van der Waals surface area contributed by atoms with Crippen molar-refractivity contribution in [2.24, 2.45) is 44.9 Å². The lowest BCUT2D eigenvalue weighted by molar-refractivity contribution is -0.153. The highest BCUT2D eigenvalue weighted by molar-refractivity contribution is 5.70. The van der Waals surface area contributed by atoms with Gasteiger partial charge in [-0.15, -0.1) is 0 Å². The summed E-state index contributed by atoms with van der Waals surface area (Å²) in [5.41, 5.74) is 6.49. The number of fused-ring (bicyclic) bond motifs is 5. The second kappa shape index (κ2) is 9.39. The molecule has 0 bridgehead atoms. The van der Waals surface area contributed by atoms with E-state index in [-0.39, 0.29) is 11.5 Å². The molecule has 7 atom stereocenters. The molecule has 0 unspecified atom stereocenters. The molecule has 0 radical (unpaired) electrons. The lowest BCUT2D eigenvalue weighted by Gasteiger charge is -2.65. The Bertz CT molecular complexity index is 703. The third-order valence-corrected chi connectivity index (χ3v) is 9.99. The van der Waals surface area contributed by atoms with Crippen molar-refractivity contribution < 1.29 is 9.94 Å². The minimum absolute atomic E-state index is 0.122. The molecule has 0 aliphatic heterocycles. The van der Waals surface area contributed by atoms with Crippen LogP contribution in [-0.2, 0) is 4.84 Å². The molecule has 0 aromatic rings. The van der Waals surface area contributed by atoms with Gasteiger partial charge in [0.05, 0.1) is 12.3 Å². The summed E-state index contributed by atoms with van der Waals surface area (Å²) in [5, 5.41) is 14.6. The first-order chi connectivity index (χ1) is 14.9. The summed E-state index contributed by atoms with van der Waals surface area (Å²) >= 11 is 0. The van der Waals surface area contributed by atoms with Gasteiger partial charge in [0.15, 0.2) is 0 Å². The molecule has 31 heavy (non-hydrogen) atoms. The fourth-order valence-electron chi connectivity index (χ4n) is 8.29. The van der Waals surface area contributed by atoms with Crippen molar-refractivity contribution in [3.05, 3.63) is 24.3 Å². The lowest BCUT2D eigenvalue weighted by Crippen LogP contribution is -2.58. The van der Waals surface area contributed by atoms with E-state index in [1.807, 2.05) is 6.08 Å². The van der Waals surface area contributed by atoms with E-state index >= 15 is 0 Å². The first kappa shape index (κ1) is 23.0. The van der Waals surface area contributed by atoms with E-state index in [4.69, 9.17) is 10.6 Å². The summed E-state index contributed by atoms with van der Waals surface area (Å²) < 4.78 is 0. The van der Waals surface area contributed by atoms with Crippen LogP contribution in [0, 0.1) is 34.0 Å². The Morgan fingerprint density at radius 1 is 1.00 bits per heavy atom. The van der Waals surface area contributed by atoms with Gasteiger partial charge in [-0.3, -0.25) is 0 Å². The maximum atomic E-state index is 10.7. The molecule has 0 heterocycles. The smallest absolute Gasteiger partial charge is 0.118 e. The molecular weight excluding hydrogens is 384 g/mol. The van der Waals surface area contributed by atoms with Gasteiger partial charge in [0, 0.05) is 0 Å². The molecule has 4 nitrogen and oxygen atoms in total. The Kier molecular flexibility index (Phi) is 6.98. The van der Waals surface area contributed by atoms with Crippen molar-refractivity contribution in [3.63, 3.8) is 0 Å². The standard InChI is InChI=1S/C27H44N2O2/c1-25-12-6-8-23(25)22-10-16-27(13-4-3-5-18-29-31-19-7-17-28)20-21(30)9-15-26(27,2)24(22)11-14-25/h3-5,13,18,21-24,30H,6-12,14-17,19-20,28H2,1-2H3/b5-3+,13-4+,29-18+/t21-,22-,23-,24-,25-,26+,27+/m0/s1. The molecule has 4 saturated carbocycles. The number of oxime groups is 1. The minimum atomic E-state index is -0.156. The average molecular weight is 429 g/mol. The predicted molar refractivity (Wildman–Crippen MR) is 128 cm³/mol. The predicted octanol–water partition coefficient (Wildman–Crippen LogP) is 5.61. The van der Waals surface area contributed by atoms with Crippen LogP contribution in [0.1, 0.15) is 84.5 Å². The number of hydrogen-bond donors (Lipinski definition) is 2. The van der Waals surface area contributed by atoms with Crippen LogP contribution in [0.25, 0.3) is 0 Å². The van der Waals surface area contributed by atoms with Crippen LogP contribution in [-0.4, -0.2) is 30.6 Å². The van der Waals surface area contributed by atoms with Crippen molar-refractivity contribution in [2.45, 2.75) is 90.6 Å². The highest BCUT2D eigenvalue weighted by Gasteiger charge is 2.62. The van der Waals surface area contributed by atoms with Crippen molar-refractivity contribution in [3.8, 4) is 0 Å². The average Bonchev–Trinajstić information content (AvgIpc) is 3.15. The maximum Gasteiger partial charge on any atom is 0.118 e. The van der Waals surface area contributed by atoms with Crippen LogP contribution >= 0.6 is 0 Å². The monoisotopic (exact) mass is 428 g/mol. The molecule has 0 amide bonds. The lowest BCUT2D eigenvalue weighted by atomic mass is 9.40. The zero-order valence-corrected chi connectivity index (χ0v) is 19.8. The largest absolute Gasteiger partial charge is 0.396 e. The first-order valence-corrected chi connectivity index (χ1v) is 12.8. The molecule has 4 rings (SSSR count). The van der Waals surface area contributed by atoms with Gasteiger partial charge >= 0.3 is 0 Å². The summed E-state index contributed by atoms with van der Waals surface area (Å²) in [7, 11) is 0. The maximum absolute atomic E-state index is 10.7. The Balaban J connectivity index is 1.49. The molecule has 174 valence electrons. The minimum Gasteiger partial charge on any atom is -0.396 e. The summed E-state index contributed by atoms with van der Waals surface area (Å²) in [4.78, 5) is 5.17. The molecule has 0 spiro atoms. The summed E-state index contributed by atoms with van der Waals surface area (Å²) in [6, 6.07) is 0. The molecule has 4 aliphatic rings. The van der Waals surface area contributed by atoms with Crippen LogP contribution < -0.4 is 5.73 Å². The van der Waals surface area contributed by atoms with Crippen LogP contribution in [0.5, 0.6) is 0 Å². The van der Waals surface area contributed by atoms with E-state index in [2.05, 4.69) is 37.2 Å². The molecule has 3 N–H and O–H groups in total. The Hall–Kier alpha value is -1.13. The highest BCUT2D eigenvalue weighted by Crippen LogP contribution is 2.70. The first-order valence-electron chi connectivity index (χ1n) is 12.8. The number of rotatable bonds is 7. The Morgan fingerprint density at radius 3 is 2.71 bits per heavy atom. The fourth-order valence-corrected chi connectivity index (χ4v) is 8.29. The van der Waals surface area contributed by atoms with Gasteiger partial charge in [-0.25, -0.2) is 0 Å². The molecule has 4 fully saturated rings. The van der Waals surface area contributed by atoms with E-state index in [0.717, 1.165) is 37.0 Å². The zero-order valence-electron chi connectivity index (χ0n) is 19.8. The molecule has 0 aromatic carbocycles. The van der Waals surface area contributed by atoms with Gasteiger partial charge in [-0.2, -0.15) is 0 Å². The van der Waals surface area contributed by atoms with E-state index < -0.39 is 0 Å². The van der Waals surface area contributed by atoms with Crippen molar-refractivity contribution in [2.75, 3.05) is 13.2 Å². The molecule has 4 heteroatoms. The molecule has 0 aromatic heterocycles. The van der Waals surface area contributed by atoms with Crippen LogP contribution in [0.3, 0.4) is 0 Å². The van der Waals surface area contributed by atoms with Crippen molar-refractivity contribution >= 4 is 6.21 Å². The third kappa shape index (κ3) is 4.27. The quantitative estimate of drug-likeness (QED) is 0.239. The summed E-state index contributed by atoms with van der Waals surface area (Å²) in [6.45, 7) is 6.36. The second-order valence-corrected chi connectivity index (χ2v) is 11.4. The Labute approximate surface area is 189 Å². The topological polar surface area (TPSA) is 67.8 Å². The van der Waals surface area contributed by atoms with Crippen LogP contribution in [0.15, 0.2) is 29.5 Å². The zero-order chi connectivity index (χ0) is 22.0. The van der Waals surface area contributed by atoms with Crippen LogP contribution in [0.4, 0.5) is 0 Å². The SMILES string of the molecule is C[C@@]12CCC[C@H]1[C@@H]1CC[C@]3(/C=C/C=C/C=N/OCCCN)C[C@@H](O)CC[C@]3(C)[C@H]1CC2. The summed E-state index contributed by atoms with van der Waals surface area (Å²) in [6.07, 6.45) is 23.8. The third-order valence-electron chi connectivity index (χ3n) is 9.99. The van der Waals surface area contributed by atoms with E-state index in [0.29, 0.717) is 24.0 Å². The number of hydrogen-bond acceptors (Lipinski definition) is 4. The van der Waals surface area contributed by atoms with E-state index in [9.17, 15) is 5.11 Å². The van der Waals surface area contributed by atoms with Gasteiger partial charge in [0.25, 0.3) is 0 Å². The van der Waals surface area contributed by atoms with Gasteiger partial charge in [0.2, 0.25) is 0 Å². The van der Waals surface area contributed by atoms with Gasteiger partial charge in [0.1, 0.15) is 6.61 Å². The molecule has 0 saturated heterocycles. The fraction of sp³-hybridized carbons (Fsp3) is 0.815. The normalized spacial score (nSPS) is 45.2. The van der Waals surface area contributed by atoms with Gasteiger partial charge in [-0.05, 0) is 111 Å². The molecule has 4 aliphatic carbocycles. The van der Waals surface area contributed by atoms with Crippen molar-refractivity contribution in [1.82, 2.24) is 0 Å². The highest BCUT2D eigenvalue weighted by atomic mass is 16.6. The van der Waals surface area contributed by atoms with Gasteiger partial charge < -0.3 is 15.7 Å². The van der Waals surface area contributed by atoms with Crippen molar-refractivity contribution in [1.29, 1.82) is 0 Å². The number of nitrogens with zero attached hydrogens (tertiary/aromatic N) is 1. The summed E-state index contributed by atoms with van der Waals surface area (Å²) in [5.74, 6) is 2.65. The second-order valence-electron chi connectivity index (χ2n) is 11.4. The number of nitrogens with two attached hydrogens (primary N) is 1. The number of aliphatic hydroxyl groups is 1. The van der Waals surface area contributed by atoms with E-state index in [1.54, 1.807) is 6.21 Å².